The van der Waals surface area contributed by atoms with E-state index in [0.29, 0.717) is 11.5 Å². The number of nitrogen functional groups attached to an aromatic ring is 1. The Kier molecular flexibility index (Phi) is 4.36. The summed E-state index contributed by atoms with van der Waals surface area (Å²) >= 11 is 0.948. The number of anilines is 2. The summed E-state index contributed by atoms with van der Waals surface area (Å²) in [6.07, 6.45) is 2.60. The van der Waals surface area contributed by atoms with Crippen molar-refractivity contribution < 1.29 is 17.9 Å². The molecule has 0 bridgehead atoms. The largest absolute Gasteiger partial charge is 0.465 e. The van der Waals surface area contributed by atoms with Crippen molar-refractivity contribution in [3.05, 3.63) is 17.5 Å². The number of nitrogens with two attached hydrogens (primary N) is 1. The van der Waals surface area contributed by atoms with Gasteiger partial charge in [0.2, 0.25) is 0 Å². The number of sulfone groups is 1. The van der Waals surface area contributed by atoms with Gasteiger partial charge in [-0.1, -0.05) is 6.08 Å². The van der Waals surface area contributed by atoms with Crippen molar-refractivity contribution in [1.29, 1.82) is 0 Å². The van der Waals surface area contributed by atoms with Gasteiger partial charge in [-0.25, -0.2) is 13.2 Å². The van der Waals surface area contributed by atoms with Gasteiger partial charge in [0.25, 0.3) is 0 Å². The average molecular weight is 290 g/mol. The van der Waals surface area contributed by atoms with E-state index in [0.717, 1.165) is 17.6 Å². The number of rotatable bonds is 5. The molecule has 0 aliphatic rings. The van der Waals surface area contributed by atoms with Gasteiger partial charge in [-0.3, -0.25) is 0 Å². The maximum absolute atomic E-state index is 11.7. The van der Waals surface area contributed by atoms with Crippen LogP contribution in [0.1, 0.15) is 9.67 Å². The molecular formula is C10H14N2O4S2. The van der Waals surface area contributed by atoms with Crippen LogP contribution in [-0.4, -0.2) is 34.3 Å². The number of thiophene rings is 1. The summed E-state index contributed by atoms with van der Waals surface area (Å²) in [7, 11) is -2.33. The van der Waals surface area contributed by atoms with Crippen molar-refractivity contribution in [3.8, 4) is 0 Å². The summed E-state index contributed by atoms with van der Waals surface area (Å²) in [6, 6.07) is 0. The Labute approximate surface area is 109 Å². The monoisotopic (exact) mass is 290 g/mol. The number of carbonyl (C=O) groups excluding carboxylic acids is 1. The van der Waals surface area contributed by atoms with Crippen molar-refractivity contribution in [2.24, 2.45) is 0 Å². The van der Waals surface area contributed by atoms with E-state index in [1.165, 1.54) is 7.11 Å². The fraction of sp³-hybridized carbons (Fsp3) is 0.300. The number of hydrogen-bond donors (Lipinski definition) is 2. The van der Waals surface area contributed by atoms with E-state index in [-0.39, 0.29) is 15.5 Å². The summed E-state index contributed by atoms with van der Waals surface area (Å²) in [5.74, 6) is -0.658. The molecule has 1 aromatic rings. The molecule has 100 valence electrons. The number of carbonyl (C=O) groups is 1. The molecule has 1 rings (SSSR count). The van der Waals surface area contributed by atoms with Gasteiger partial charge >= 0.3 is 5.97 Å². The molecule has 18 heavy (non-hydrogen) atoms. The van der Waals surface area contributed by atoms with Crippen LogP contribution < -0.4 is 11.1 Å². The lowest BCUT2D eigenvalue weighted by molar-refractivity contribution is 0.0607. The molecule has 0 atom stereocenters. The third-order valence-electron chi connectivity index (χ3n) is 2.05. The molecule has 0 saturated heterocycles. The Bertz CT molecular complexity index is 575. The summed E-state index contributed by atoms with van der Waals surface area (Å²) in [5.41, 5.74) is 5.62. The zero-order chi connectivity index (χ0) is 13.9. The molecule has 1 heterocycles. The molecule has 6 nitrogen and oxygen atoms in total. The minimum absolute atomic E-state index is 0.0736. The van der Waals surface area contributed by atoms with Crippen LogP contribution in [0.2, 0.25) is 0 Å². The van der Waals surface area contributed by atoms with E-state index in [4.69, 9.17) is 5.73 Å². The summed E-state index contributed by atoms with van der Waals surface area (Å²) in [4.78, 5) is 11.5. The second-order valence-electron chi connectivity index (χ2n) is 3.44. The smallest absolute Gasteiger partial charge is 0.350 e. The summed E-state index contributed by atoms with van der Waals surface area (Å²) in [5, 5.41) is 3.16. The fourth-order valence-electron chi connectivity index (χ4n) is 1.32. The molecule has 0 aliphatic carbocycles. The van der Waals surface area contributed by atoms with Gasteiger partial charge in [0, 0.05) is 12.8 Å². The quantitative estimate of drug-likeness (QED) is 0.623. The third-order valence-corrected chi connectivity index (χ3v) is 4.49. The first-order chi connectivity index (χ1) is 8.32. The molecule has 0 fully saturated rings. The normalized spacial score (nSPS) is 11.0. The highest BCUT2D eigenvalue weighted by molar-refractivity contribution is 7.91. The van der Waals surface area contributed by atoms with Crippen LogP contribution in [0.4, 0.5) is 10.7 Å². The van der Waals surface area contributed by atoms with Crippen LogP contribution in [0.5, 0.6) is 0 Å². The summed E-state index contributed by atoms with van der Waals surface area (Å²) < 4.78 is 27.9. The van der Waals surface area contributed by atoms with Crippen molar-refractivity contribution in [2.45, 2.75) is 4.90 Å². The average Bonchev–Trinajstić information content (AvgIpc) is 2.62. The molecular weight excluding hydrogens is 276 g/mol. The second-order valence-corrected chi connectivity index (χ2v) is 6.41. The second kappa shape index (κ2) is 5.40. The van der Waals surface area contributed by atoms with E-state index in [1.807, 2.05) is 0 Å². The number of nitrogens with one attached hydrogen (secondary N) is 1. The summed E-state index contributed by atoms with van der Waals surface area (Å²) in [6.45, 7) is 3.88. The Morgan fingerprint density at radius 2 is 2.22 bits per heavy atom. The predicted octanol–water partition coefficient (Wildman–Crippen LogP) is 1.12. The van der Waals surface area contributed by atoms with Gasteiger partial charge in [-0.05, 0) is 0 Å². The van der Waals surface area contributed by atoms with E-state index >= 15 is 0 Å². The van der Waals surface area contributed by atoms with Crippen molar-refractivity contribution >= 4 is 37.8 Å². The van der Waals surface area contributed by atoms with Gasteiger partial charge in [0.15, 0.2) is 9.84 Å². The van der Waals surface area contributed by atoms with E-state index < -0.39 is 15.8 Å². The molecule has 0 aliphatic heterocycles. The molecule has 0 amide bonds. The first-order valence-electron chi connectivity index (χ1n) is 4.88. The first kappa shape index (κ1) is 14.5. The first-order valence-corrected chi connectivity index (χ1v) is 7.59. The van der Waals surface area contributed by atoms with Crippen LogP contribution in [0.15, 0.2) is 17.6 Å². The van der Waals surface area contributed by atoms with E-state index in [9.17, 15) is 13.2 Å². The minimum Gasteiger partial charge on any atom is -0.465 e. The van der Waals surface area contributed by atoms with Gasteiger partial charge in [0.1, 0.15) is 14.8 Å². The number of ether oxygens (including phenoxy) is 1. The molecule has 0 saturated carbocycles. The standard InChI is InChI=1S/C10H14N2O4S2/c1-4-5-12-9-8(18(3,14)15)6(11)7(17-9)10(13)16-2/h4,12H,1,5,11H2,2-3H3. The van der Waals surface area contributed by atoms with Crippen molar-refractivity contribution in [2.75, 3.05) is 31.0 Å². The number of hydrogen-bond acceptors (Lipinski definition) is 7. The van der Waals surface area contributed by atoms with Crippen LogP contribution >= 0.6 is 11.3 Å². The highest BCUT2D eigenvalue weighted by Gasteiger charge is 2.27. The maximum Gasteiger partial charge on any atom is 0.350 e. The lowest BCUT2D eigenvalue weighted by Gasteiger charge is -2.03. The molecule has 0 spiro atoms. The minimum atomic E-state index is -3.53. The van der Waals surface area contributed by atoms with Gasteiger partial charge in [-0.15, -0.1) is 17.9 Å². The van der Waals surface area contributed by atoms with Crippen molar-refractivity contribution in [1.82, 2.24) is 0 Å². The van der Waals surface area contributed by atoms with Crippen LogP contribution in [0.3, 0.4) is 0 Å². The Hall–Kier alpha value is -1.54. The number of esters is 1. The SMILES string of the molecule is C=CCNc1sc(C(=O)OC)c(N)c1S(C)(=O)=O. The lowest BCUT2D eigenvalue weighted by Crippen LogP contribution is -2.07. The molecule has 1 aromatic heterocycles. The van der Waals surface area contributed by atoms with Crippen LogP contribution in [0, 0.1) is 0 Å². The van der Waals surface area contributed by atoms with Gasteiger partial charge in [0.05, 0.1) is 12.8 Å². The zero-order valence-corrected chi connectivity index (χ0v) is 11.7. The molecule has 0 unspecified atom stereocenters. The zero-order valence-electron chi connectivity index (χ0n) is 10.0. The topological polar surface area (TPSA) is 98.5 Å². The Morgan fingerprint density at radius 1 is 1.61 bits per heavy atom. The lowest BCUT2D eigenvalue weighted by atomic mass is 10.4. The molecule has 0 radical (unpaired) electrons. The van der Waals surface area contributed by atoms with Gasteiger partial charge < -0.3 is 15.8 Å². The van der Waals surface area contributed by atoms with Gasteiger partial charge in [-0.2, -0.15) is 0 Å². The Balaban J connectivity index is 3.41. The number of methoxy groups -OCH3 is 1. The maximum atomic E-state index is 11.7. The highest BCUT2D eigenvalue weighted by atomic mass is 32.2. The molecule has 3 N–H and O–H groups in total. The fourth-order valence-corrected chi connectivity index (χ4v) is 3.82. The van der Waals surface area contributed by atoms with Crippen molar-refractivity contribution in [3.63, 3.8) is 0 Å². The van der Waals surface area contributed by atoms with E-state index in [2.05, 4.69) is 16.6 Å². The van der Waals surface area contributed by atoms with Crippen LogP contribution in [-0.2, 0) is 14.6 Å². The Morgan fingerprint density at radius 3 is 2.67 bits per heavy atom. The molecule has 8 heteroatoms. The predicted molar refractivity (Wildman–Crippen MR) is 71.9 cm³/mol. The molecule has 0 aromatic carbocycles. The highest BCUT2D eigenvalue weighted by Crippen LogP contribution is 2.39. The third kappa shape index (κ3) is 2.82. The van der Waals surface area contributed by atoms with E-state index in [1.54, 1.807) is 6.08 Å². The van der Waals surface area contributed by atoms with Crippen LogP contribution in [0.25, 0.3) is 0 Å².